The molecule has 0 spiro atoms. The smallest absolute Gasteiger partial charge is 0.874 e. The van der Waals surface area contributed by atoms with Crippen molar-refractivity contribution in [1.29, 1.82) is 0 Å². The van der Waals surface area contributed by atoms with E-state index in [1.807, 2.05) is 121 Å². The van der Waals surface area contributed by atoms with Crippen LogP contribution in [0.2, 0.25) is 0 Å². The molecule has 4 aliphatic rings. The van der Waals surface area contributed by atoms with Crippen LogP contribution < -0.4 is 21.7 Å². The molecule has 2 saturated heterocycles. The second-order valence-corrected chi connectivity index (χ2v) is 17.2. The van der Waals surface area contributed by atoms with Crippen LogP contribution in [0.3, 0.4) is 0 Å². The van der Waals surface area contributed by atoms with E-state index in [-0.39, 0.29) is 36.5 Å². The third-order valence-corrected chi connectivity index (χ3v) is 12.7. The van der Waals surface area contributed by atoms with Gasteiger partial charge in [0, 0.05) is 35.4 Å². The van der Waals surface area contributed by atoms with Crippen molar-refractivity contribution in [1.82, 2.24) is 0 Å². The van der Waals surface area contributed by atoms with Crippen LogP contribution >= 0.6 is 0 Å². The summed E-state index contributed by atoms with van der Waals surface area (Å²) in [5, 5.41) is 27.3. The van der Waals surface area contributed by atoms with Crippen LogP contribution in [0.4, 0.5) is 0 Å². The van der Waals surface area contributed by atoms with E-state index in [1.165, 1.54) is 22.3 Å². The molecule has 0 saturated carbocycles. The second-order valence-electron chi connectivity index (χ2n) is 17.2. The summed E-state index contributed by atoms with van der Waals surface area (Å²) in [7, 11) is 0. The Kier molecular flexibility index (Phi) is 20.5. The molecule has 2 fully saturated rings. The molecule has 4 aromatic rings. The number of hydrogen-bond donors (Lipinski definition) is 2. The topological polar surface area (TPSA) is 154 Å². The number of nitrogens with zero attached hydrogens (tertiary/aromatic N) is 2. The van der Waals surface area contributed by atoms with Gasteiger partial charge in [0.25, 0.3) is 0 Å². The van der Waals surface area contributed by atoms with Crippen molar-refractivity contribution in [2.45, 2.75) is 62.4 Å². The molecule has 4 aromatic carbocycles. The summed E-state index contributed by atoms with van der Waals surface area (Å²) >= 11 is 0. The zero-order chi connectivity index (χ0) is 44.5. The average molecular weight is 941 g/mol. The van der Waals surface area contributed by atoms with Crippen LogP contribution in [0.15, 0.2) is 193 Å². The van der Waals surface area contributed by atoms with E-state index >= 15 is 0 Å². The fraction of sp³-hybridized carbons (Fsp3) is 0.321. The predicted octanol–water partition coefficient (Wildman–Crippen LogP) is 5.52. The maximum absolute atomic E-state index is 13.6. The maximum Gasteiger partial charge on any atom is 2.00 e. The van der Waals surface area contributed by atoms with Gasteiger partial charge >= 0.3 is 19.5 Å². The fourth-order valence-electron chi connectivity index (χ4n) is 8.62. The SMILES string of the molecule is NC(CCc1ccccc1)(CCc1ccccc1)C([O-])=C1C=CC(=[N+]2CCOCC2)C=C1.NC(CCc1ccccc1)(CCc1ccccc1)C([O-])=C1C=CC(=[N+]2CCOCC2)C=C1.O.[Zn+2]. The van der Waals surface area contributed by atoms with Crippen LogP contribution in [0.1, 0.15) is 47.9 Å². The van der Waals surface area contributed by atoms with Crippen LogP contribution in [0.5, 0.6) is 0 Å². The van der Waals surface area contributed by atoms with Gasteiger partial charge in [-0.2, -0.15) is 0 Å². The van der Waals surface area contributed by atoms with Gasteiger partial charge in [-0.25, -0.2) is 9.15 Å². The maximum atomic E-state index is 13.6. The molecule has 340 valence electrons. The number of morpholine rings is 2. The summed E-state index contributed by atoms with van der Waals surface area (Å²) in [6.07, 6.45) is 21.5. The van der Waals surface area contributed by atoms with Gasteiger partial charge in [0.2, 0.25) is 0 Å². The van der Waals surface area contributed by atoms with Gasteiger partial charge in [0.05, 0.1) is 0 Å². The van der Waals surface area contributed by atoms with Crippen molar-refractivity contribution in [2.75, 3.05) is 52.6 Å². The first-order valence-corrected chi connectivity index (χ1v) is 23.0. The summed E-state index contributed by atoms with van der Waals surface area (Å²) < 4.78 is 15.5. The Morgan fingerprint density at radius 1 is 0.424 bits per heavy atom. The van der Waals surface area contributed by atoms with Crippen LogP contribution in [-0.2, 0) is 54.6 Å². The number of nitrogens with two attached hydrogens (primary N) is 2. The number of hydrogen-bond acceptors (Lipinski definition) is 6. The molecule has 0 aromatic heterocycles. The third kappa shape index (κ3) is 14.8. The minimum absolute atomic E-state index is 0. The van der Waals surface area contributed by atoms with Crippen molar-refractivity contribution in [3.05, 3.63) is 215 Å². The molecule has 66 heavy (non-hydrogen) atoms. The molecule has 2 aliphatic heterocycles. The molecule has 8 rings (SSSR count). The van der Waals surface area contributed by atoms with E-state index in [2.05, 4.69) is 57.7 Å². The van der Waals surface area contributed by atoms with Crippen LogP contribution in [0, 0.1) is 0 Å². The third-order valence-electron chi connectivity index (χ3n) is 12.7. The Labute approximate surface area is 404 Å². The Morgan fingerprint density at radius 3 is 0.909 bits per heavy atom. The van der Waals surface area contributed by atoms with Crippen molar-refractivity contribution in [3.63, 3.8) is 0 Å². The monoisotopic (exact) mass is 938 g/mol. The van der Waals surface area contributed by atoms with E-state index in [0.29, 0.717) is 36.8 Å². The Hall–Kier alpha value is -5.32. The van der Waals surface area contributed by atoms with Crippen molar-refractivity contribution < 1.29 is 53.8 Å². The van der Waals surface area contributed by atoms with E-state index in [1.54, 1.807) is 0 Å². The number of ether oxygens (including phenoxy) is 2. The van der Waals surface area contributed by atoms with Gasteiger partial charge < -0.3 is 36.6 Å². The molecule has 0 bridgehead atoms. The standard InChI is InChI=1S/2C28H32N2O2.H2O.Zn/c2*29-28(17-15-23-7-3-1-4-8-23,18-16-24-9-5-2-6-10-24)27(31)25-11-13-26(14-12-25)30-19-21-32-22-20-30;;/h2*1-14H,15-22,29H2;1H2;/q;;;+2. The average Bonchev–Trinajstić information content (AvgIpc) is 3.38. The molecule has 10 heteroatoms. The zero-order valence-corrected chi connectivity index (χ0v) is 41.3. The number of benzene rings is 4. The van der Waals surface area contributed by atoms with Gasteiger partial charge in [0.1, 0.15) is 26.4 Å². The number of rotatable bonds is 14. The van der Waals surface area contributed by atoms with Gasteiger partial charge in [-0.3, -0.25) is 0 Å². The normalized spacial score (nSPS) is 16.0. The molecular formula is C56H66N4O5Zn+2. The Balaban J connectivity index is 0.000000240. The molecule has 2 heterocycles. The second kappa shape index (κ2) is 26.1. The van der Waals surface area contributed by atoms with E-state index in [9.17, 15) is 10.2 Å². The predicted molar refractivity (Wildman–Crippen MR) is 259 cm³/mol. The Morgan fingerprint density at radius 2 is 0.667 bits per heavy atom. The number of allylic oxidation sites excluding steroid dienone is 10. The summed E-state index contributed by atoms with van der Waals surface area (Å²) in [5.41, 5.74) is 20.4. The van der Waals surface area contributed by atoms with E-state index in [0.717, 1.165) is 89.7 Å². The first-order valence-electron chi connectivity index (χ1n) is 23.0. The molecule has 2 aliphatic carbocycles. The van der Waals surface area contributed by atoms with Gasteiger partial charge in [-0.05, 0) is 109 Å². The molecule has 9 nitrogen and oxygen atoms in total. The molecule has 0 unspecified atom stereocenters. The molecule has 6 N–H and O–H groups in total. The zero-order valence-electron chi connectivity index (χ0n) is 38.4. The molecule has 0 atom stereocenters. The van der Waals surface area contributed by atoms with Crippen molar-refractivity contribution >= 4 is 11.4 Å². The van der Waals surface area contributed by atoms with E-state index in [4.69, 9.17) is 20.9 Å². The molecule has 0 amide bonds. The minimum atomic E-state index is -0.911. The largest absolute Gasteiger partial charge is 2.00 e. The quantitative estimate of drug-likeness (QED) is 0.0966. The Bertz CT molecular complexity index is 2080. The first-order chi connectivity index (χ1) is 31.3. The van der Waals surface area contributed by atoms with Gasteiger partial charge in [-0.15, -0.1) is 11.5 Å². The van der Waals surface area contributed by atoms with Crippen molar-refractivity contribution in [2.24, 2.45) is 11.5 Å². The number of aryl methyl sites for hydroxylation is 4. The summed E-state index contributed by atoms with van der Waals surface area (Å²) in [6.45, 7) is 6.48. The minimum Gasteiger partial charge on any atom is -0.874 e. The van der Waals surface area contributed by atoms with Gasteiger partial charge in [0.15, 0.2) is 37.6 Å². The summed E-state index contributed by atoms with van der Waals surface area (Å²) in [6, 6.07) is 41.1. The fourth-order valence-corrected chi connectivity index (χ4v) is 8.62. The van der Waals surface area contributed by atoms with E-state index < -0.39 is 11.1 Å². The van der Waals surface area contributed by atoms with Crippen molar-refractivity contribution in [3.8, 4) is 0 Å². The van der Waals surface area contributed by atoms with Crippen LogP contribution in [-0.4, -0.2) is 89.7 Å². The van der Waals surface area contributed by atoms with Crippen LogP contribution in [0.25, 0.3) is 0 Å². The molecule has 0 radical (unpaired) electrons. The first kappa shape index (κ1) is 51.7. The summed E-state index contributed by atoms with van der Waals surface area (Å²) in [4.78, 5) is 0. The summed E-state index contributed by atoms with van der Waals surface area (Å²) in [5.74, 6) is 0.0516. The molecular weight excluding hydrogens is 874 g/mol. The van der Waals surface area contributed by atoms with Gasteiger partial charge in [-0.1, -0.05) is 121 Å².